The number of hydrogen-bond donors (Lipinski definition) is 2. The maximum absolute atomic E-state index is 14.0. The maximum atomic E-state index is 14.0. The van der Waals surface area contributed by atoms with Gasteiger partial charge in [-0.2, -0.15) is 0 Å². The van der Waals surface area contributed by atoms with Crippen molar-refractivity contribution < 1.29 is 33.2 Å². The van der Waals surface area contributed by atoms with Gasteiger partial charge in [-0.15, -0.1) is 0 Å². The number of hydrogen-bond acceptors (Lipinski definition) is 7. The Labute approximate surface area is 261 Å². The highest BCUT2D eigenvalue weighted by Crippen LogP contribution is 2.38. The molecule has 0 unspecified atom stereocenters. The number of alkyl carbamates (subject to hydrolysis) is 1. The molecule has 44 heavy (non-hydrogen) atoms. The Balaban J connectivity index is 1.46. The second kappa shape index (κ2) is 15.1. The van der Waals surface area contributed by atoms with Crippen LogP contribution in [0.25, 0.3) is 0 Å². The van der Waals surface area contributed by atoms with Crippen LogP contribution in [0.15, 0.2) is 60.7 Å². The van der Waals surface area contributed by atoms with Gasteiger partial charge in [0, 0.05) is 26.7 Å². The summed E-state index contributed by atoms with van der Waals surface area (Å²) >= 11 is 0. The fourth-order valence-electron chi connectivity index (χ4n) is 5.52. The van der Waals surface area contributed by atoms with E-state index in [9.17, 15) is 14.4 Å². The van der Waals surface area contributed by atoms with Crippen molar-refractivity contribution in [3.8, 4) is 0 Å². The Morgan fingerprint density at radius 1 is 0.955 bits per heavy atom. The molecule has 3 atom stereocenters. The number of rotatable bonds is 13. The average Bonchev–Trinajstić information content (AvgIpc) is 3.57. The van der Waals surface area contributed by atoms with E-state index in [1.807, 2.05) is 88.4 Å². The predicted molar refractivity (Wildman–Crippen MR) is 168 cm³/mol. The maximum Gasteiger partial charge on any atom is 0.481 e. The Hall–Kier alpha value is -3.41. The van der Waals surface area contributed by atoms with E-state index >= 15 is 0 Å². The molecule has 0 aromatic heterocycles. The summed E-state index contributed by atoms with van der Waals surface area (Å²) in [7, 11) is 1.00. The molecule has 2 aliphatic rings. The van der Waals surface area contributed by atoms with Gasteiger partial charge >= 0.3 is 13.2 Å². The third-order valence-electron chi connectivity index (χ3n) is 8.72. The van der Waals surface area contributed by atoms with E-state index in [0.717, 1.165) is 11.1 Å². The Morgan fingerprint density at radius 2 is 1.57 bits per heavy atom. The highest BCUT2D eigenvalue weighted by atomic mass is 16.7. The largest absolute Gasteiger partial charge is 0.481 e. The van der Waals surface area contributed by atoms with Crippen LogP contribution in [0.5, 0.6) is 0 Å². The molecule has 2 aromatic carbocycles. The number of nitrogens with zero attached hydrogens (tertiary/aromatic N) is 1. The molecule has 11 heteroatoms. The fourth-order valence-corrected chi connectivity index (χ4v) is 5.52. The van der Waals surface area contributed by atoms with Gasteiger partial charge < -0.3 is 34.3 Å². The van der Waals surface area contributed by atoms with Crippen LogP contribution in [0, 0.1) is 0 Å². The summed E-state index contributed by atoms with van der Waals surface area (Å²) in [5.41, 5.74) is 0.617. The fraction of sp³-hybridized carbons (Fsp3) is 0.545. The third-order valence-corrected chi connectivity index (χ3v) is 8.72. The van der Waals surface area contributed by atoms with Crippen LogP contribution in [0.4, 0.5) is 4.79 Å². The molecule has 238 valence electrons. The van der Waals surface area contributed by atoms with Crippen molar-refractivity contribution in [2.75, 3.05) is 20.3 Å². The number of carbonyl (C=O) groups is 3. The quantitative estimate of drug-likeness (QED) is 0.261. The lowest BCUT2D eigenvalue weighted by atomic mass is 9.75. The third kappa shape index (κ3) is 8.61. The molecular formula is C33H46BN3O7. The van der Waals surface area contributed by atoms with E-state index in [2.05, 4.69) is 10.6 Å². The Kier molecular flexibility index (Phi) is 11.5. The number of amides is 3. The molecule has 0 radical (unpaired) electrons. The predicted octanol–water partition coefficient (Wildman–Crippen LogP) is 4.06. The molecule has 0 aliphatic carbocycles. The molecule has 0 saturated carbocycles. The average molecular weight is 608 g/mol. The van der Waals surface area contributed by atoms with Crippen molar-refractivity contribution in [2.24, 2.45) is 0 Å². The molecule has 0 bridgehead atoms. The van der Waals surface area contributed by atoms with E-state index in [-0.39, 0.29) is 24.8 Å². The van der Waals surface area contributed by atoms with Crippen molar-refractivity contribution in [3.63, 3.8) is 0 Å². The molecule has 2 aromatic rings. The topological polar surface area (TPSA) is 115 Å². The number of benzene rings is 2. The first-order chi connectivity index (χ1) is 21.0. The first-order valence-corrected chi connectivity index (χ1v) is 15.5. The van der Waals surface area contributed by atoms with Crippen LogP contribution in [0.3, 0.4) is 0 Å². The van der Waals surface area contributed by atoms with Crippen LogP contribution < -0.4 is 10.6 Å². The number of nitrogens with one attached hydrogen (secondary N) is 2. The molecule has 2 heterocycles. The first kappa shape index (κ1) is 33.5. The standard InChI is InChI=1S/C33H46BN3O7/c1-32(2)33(3,4)44-34(43-32)28(19-13-21-41-5)36-29(38)27-18-12-20-37(27)30(39)26(22-24-14-8-6-9-15-24)35-31(40)42-23-25-16-10-7-11-17-25/h6-11,14-17,26-28H,12-13,18-23H2,1-5H3,(H,35,40)(H,36,38)/t26-,27+,28-/m1/s1. The van der Waals surface area contributed by atoms with E-state index in [0.29, 0.717) is 38.8 Å². The molecular weight excluding hydrogens is 561 g/mol. The van der Waals surface area contributed by atoms with Gasteiger partial charge in [-0.1, -0.05) is 60.7 Å². The van der Waals surface area contributed by atoms with Gasteiger partial charge in [-0.05, 0) is 64.5 Å². The van der Waals surface area contributed by atoms with Crippen molar-refractivity contribution in [3.05, 3.63) is 71.8 Å². The van der Waals surface area contributed by atoms with Crippen molar-refractivity contribution in [1.29, 1.82) is 0 Å². The van der Waals surface area contributed by atoms with Gasteiger partial charge in [-0.25, -0.2) is 4.79 Å². The first-order valence-electron chi connectivity index (χ1n) is 15.5. The normalized spacial score (nSPS) is 20.2. The van der Waals surface area contributed by atoms with Gasteiger partial charge in [0.15, 0.2) is 0 Å². The molecule has 2 saturated heterocycles. The number of carbonyl (C=O) groups excluding carboxylic acids is 3. The zero-order chi connectivity index (χ0) is 31.7. The summed E-state index contributed by atoms with van der Waals surface area (Å²) in [5, 5.41) is 5.91. The van der Waals surface area contributed by atoms with E-state index < -0.39 is 42.4 Å². The summed E-state index contributed by atoms with van der Waals surface area (Å²) < 4.78 is 23.2. The lowest BCUT2D eigenvalue weighted by Crippen LogP contribution is -2.57. The van der Waals surface area contributed by atoms with Crippen LogP contribution in [0.1, 0.15) is 64.5 Å². The van der Waals surface area contributed by atoms with Gasteiger partial charge in [0.25, 0.3) is 0 Å². The van der Waals surface area contributed by atoms with E-state index in [1.54, 1.807) is 12.0 Å². The van der Waals surface area contributed by atoms with Crippen molar-refractivity contribution >= 4 is 25.0 Å². The van der Waals surface area contributed by atoms with Crippen LogP contribution in [0.2, 0.25) is 0 Å². The minimum atomic E-state index is -0.908. The van der Waals surface area contributed by atoms with E-state index in [1.165, 1.54) is 0 Å². The number of likely N-dealkylation sites (tertiary alicyclic amines) is 1. The number of methoxy groups -OCH3 is 1. The van der Waals surface area contributed by atoms with Crippen LogP contribution in [-0.2, 0) is 41.4 Å². The molecule has 2 aliphatic heterocycles. The minimum Gasteiger partial charge on any atom is -0.445 e. The summed E-state index contributed by atoms with van der Waals surface area (Å²) in [4.78, 5) is 42.2. The van der Waals surface area contributed by atoms with Gasteiger partial charge in [0.05, 0.1) is 17.1 Å². The SMILES string of the molecule is COCCC[C@@H](NC(=O)[C@@H]1CCCN1C(=O)[C@@H](Cc1ccccc1)NC(=O)OCc1ccccc1)B1OC(C)(C)C(C)(C)O1. The lowest BCUT2D eigenvalue weighted by molar-refractivity contribution is -0.140. The summed E-state index contributed by atoms with van der Waals surface area (Å²) in [6.45, 7) is 8.93. The lowest BCUT2D eigenvalue weighted by Gasteiger charge is -2.32. The molecule has 0 spiro atoms. The molecule has 4 rings (SSSR count). The molecule has 2 fully saturated rings. The van der Waals surface area contributed by atoms with E-state index in [4.69, 9.17) is 18.8 Å². The highest BCUT2D eigenvalue weighted by molar-refractivity contribution is 6.48. The molecule has 10 nitrogen and oxygen atoms in total. The summed E-state index contributed by atoms with van der Waals surface area (Å²) in [6, 6.07) is 17.2. The zero-order valence-corrected chi connectivity index (χ0v) is 26.5. The second-order valence-corrected chi connectivity index (χ2v) is 12.5. The van der Waals surface area contributed by atoms with Crippen LogP contribution in [-0.4, -0.2) is 79.4 Å². The highest BCUT2D eigenvalue weighted by Gasteiger charge is 2.54. The van der Waals surface area contributed by atoms with Crippen LogP contribution >= 0.6 is 0 Å². The minimum absolute atomic E-state index is 0.0804. The number of ether oxygens (including phenoxy) is 2. The van der Waals surface area contributed by atoms with Crippen molar-refractivity contribution in [2.45, 2.75) is 95.6 Å². The second-order valence-electron chi connectivity index (χ2n) is 12.5. The Morgan fingerprint density at radius 3 is 2.18 bits per heavy atom. The van der Waals surface area contributed by atoms with Gasteiger partial charge in [-0.3, -0.25) is 9.59 Å². The Bertz CT molecular complexity index is 1230. The van der Waals surface area contributed by atoms with Gasteiger partial charge in [0.1, 0.15) is 18.7 Å². The smallest absolute Gasteiger partial charge is 0.445 e. The van der Waals surface area contributed by atoms with Gasteiger partial charge in [0.2, 0.25) is 11.8 Å². The molecule has 2 N–H and O–H groups in total. The summed E-state index contributed by atoms with van der Waals surface area (Å²) in [5.74, 6) is -1.02. The monoisotopic (exact) mass is 607 g/mol. The summed E-state index contributed by atoms with van der Waals surface area (Å²) in [6.07, 6.45) is 2.05. The van der Waals surface area contributed by atoms with Crippen molar-refractivity contribution in [1.82, 2.24) is 15.5 Å². The zero-order valence-electron chi connectivity index (χ0n) is 26.5. The molecule has 3 amide bonds.